The SMILES string of the molecule is Cc1ccc(N=Cc2c(OC(=O)c3cccc4ccccc34)ccc3ccccc23)cc1. The zero-order valence-electron chi connectivity index (χ0n) is 17.7. The Morgan fingerprint density at radius 2 is 1.38 bits per heavy atom. The molecular weight excluding hydrogens is 394 g/mol. The van der Waals surface area contributed by atoms with Gasteiger partial charge in [0.25, 0.3) is 0 Å². The topological polar surface area (TPSA) is 38.7 Å². The summed E-state index contributed by atoms with van der Waals surface area (Å²) in [7, 11) is 0. The quantitative estimate of drug-likeness (QED) is 0.176. The molecular formula is C29H21NO2. The molecule has 0 aromatic heterocycles. The van der Waals surface area contributed by atoms with E-state index >= 15 is 0 Å². The van der Waals surface area contributed by atoms with Gasteiger partial charge in [0.1, 0.15) is 5.75 Å². The van der Waals surface area contributed by atoms with Crippen molar-refractivity contribution < 1.29 is 9.53 Å². The monoisotopic (exact) mass is 415 g/mol. The number of nitrogens with zero attached hydrogens (tertiary/aromatic N) is 1. The Morgan fingerprint density at radius 1 is 0.719 bits per heavy atom. The van der Waals surface area contributed by atoms with E-state index in [4.69, 9.17) is 4.74 Å². The van der Waals surface area contributed by atoms with Crippen LogP contribution in [-0.4, -0.2) is 12.2 Å². The Labute approximate surface area is 186 Å². The van der Waals surface area contributed by atoms with Crippen molar-refractivity contribution in [1.82, 2.24) is 0 Å². The molecule has 0 heterocycles. The molecule has 0 saturated heterocycles. The third kappa shape index (κ3) is 3.88. The number of benzene rings is 5. The summed E-state index contributed by atoms with van der Waals surface area (Å²) in [6.45, 7) is 2.04. The number of rotatable bonds is 4. The first-order valence-corrected chi connectivity index (χ1v) is 10.5. The van der Waals surface area contributed by atoms with Crippen LogP contribution in [0.15, 0.2) is 108 Å². The summed E-state index contributed by atoms with van der Waals surface area (Å²) in [5, 5.41) is 3.91. The lowest BCUT2D eigenvalue weighted by Crippen LogP contribution is -2.10. The maximum atomic E-state index is 13.2. The predicted octanol–water partition coefficient (Wildman–Crippen LogP) is 7.27. The van der Waals surface area contributed by atoms with E-state index in [1.165, 1.54) is 5.56 Å². The predicted molar refractivity (Wildman–Crippen MR) is 131 cm³/mol. The van der Waals surface area contributed by atoms with E-state index in [1.54, 1.807) is 12.3 Å². The first kappa shape index (κ1) is 19.7. The van der Waals surface area contributed by atoms with Crippen LogP contribution >= 0.6 is 0 Å². The van der Waals surface area contributed by atoms with Crippen LogP contribution in [0, 0.1) is 6.92 Å². The molecule has 5 rings (SSSR count). The number of carbonyl (C=O) groups excluding carboxylic acids is 1. The number of fused-ring (bicyclic) bond motifs is 2. The minimum Gasteiger partial charge on any atom is -0.422 e. The third-order valence-corrected chi connectivity index (χ3v) is 5.52. The van der Waals surface area contributed by atoms with E-state index in [0.29, 0.717) is 11.3 Å². The highest BCUT2D eigenvalue weighted by molar-refractivity contribution is 6.07. The Balaban J connectivity index is 1.57. The summed E-state index contributed by atoms with van der Waals surface area (Å²) in [4.78, 5) is 17.8. The van der Waals surface area contributed by atoms with Crippen molar-refractivity contribution in [3.05, 3.63) is 120 Å². The second-order valence-electron chi connectivity index (χ2n) is 7.71. The molecule has 0 bridgehead atoms. The lowest BCUT2D eigenvalue weighted by Gasteiger charge is -2.12. The van der Waals surface area contributed by atoms with Gasteiger partial charge >= 0.3 is 5.97 Å². The van der Waals surface area contributed by atoms with Crippen molar-refractivity contribution in [1.29, 1.82) is 0 Å². The largest absolute Gasteiger partial charge is 0.422 e. The van der Waals surface area contributed by atoms with Gasteiger partial charge in [-0.05, 0) is 52.7 Å². The molecule has 154 valence electrons. The number of ether oxygens (including phenoxy) is 1. The minimum atomic E-state index is -0.387. The second kappa shape index (κ2) is 8.48. The molecule has 0 aliphatic carbocycles. The molecule has 0 radical (unpaired) electrons. The van der Waals surface area contributed by atoms with E-state index in [2.05, 4.69) is 4.99 Å². The number of esters is 1. The minimum absolute atomic E-state index is 0.387. The average Bonchev–Trinajstić information content (AvgIpc) is 2.84. The highest BCUT2D eigenvalue weighted by atomic mass is 16.5. The highest BCUT2D eigenvalue weighted by Crippen LogP contribution is 2.29. The van der Waals surface area contributed by atoms with Gasteiger partial charge in [-0.2, -0.15) is 0 Å². The van der Waals surface area contributed by atoms with Gasteiger partial charge in [-0.15, -0.1) is 0 Å². The Kier molecular flexibility index (Phi) is 5.22. The van der Waals surface area contributed by atoms with Crippen molar-refractivity contribution in [2.24, 2.45) is 4.99 Å². The number of aryl methyl sites for hydroxylation is 1. The molecule has 0 atom stereocenters. The Bertz CT molecular complexity index is 1460. The van der Waals surface area contributed by atoms with E-state index in [0.717, 1.165) is 32.8 Å². The van der Waals surface area contributed by atoms with E-state index in [1.807, 2.05) is 104 Å². The summed E-state index contributed by atoms with van der Waals surface area (Å²) < 4.78 is 5.93. The maximum absolute atomic E-state index is 13.2. The zero-order valence-corrected chi connectivity index (χ0v) is 17.7. The van der Waals surface area contributed by atoms with E-state index in [-0.39, 0.29) is 5.97 Å². The fourth-order valence-corrected chi connectivity index (χ4v) is 3.83. The van der Waals surface area contributed by atoms with Gasteiger partial charge in [-0.3, -0.25) is 4.99 Å². The van der Waals surface area contributed by atoms with Gasteiger partial charge in [-0.1, -0.05) is 84.4 Å². The van der Waals surface area contributed by atoms with Gasteiger partial charge < -0.3 is 4.74 Å². The maximum Gasteiger partial charge on any atom is 0.344 e. The van der Waals surface area contributed by atoms with Crippen LogP contribution in [0.3, 0.4) is 0 Å². The van der Waals surface area contributed by atoms with E-state index < -0.39 is 0 Å². The van der Waals surface area contributed by atoms with Gasteiger partial charge in [0.2, 0.25) is 0 Å². The van der Waals surface area contributed by atoms with Crippen LogP contribution in [0.25, 0.3) is 21.5 Å². The van der Waals surface area contributed by atoms with Crippen LogP contribution in [-0.2, 0) is 0 Å². The lowest BCUT2D eigenvalue weighted by molar-refractivity contribution is 0.0737. The van der Waals surface area contributed by atoms with Crippen LogP contribution in [0.1, 0.15) is 21.5 Å². The van der Waals surface area contributed by atoms with Gasteiger partial charge in [0.05, 0.1) is 11.3 Å². The van der Waals surface area contributed by atoms with Crippen molar-refractivity contribution >= 4 is 39.4 Å². The molecule has 0 amide bonds. The van der Waals surface area contributed by atoms with Crippen LogP contribution < -0.4 is 4.74 Å². The number of aliphatic imine (C=N–C) groups is 1. The summed E-state index contributed by atoms with van der Waals surface area (Å²) >= 11 is 0. The zero-order chi connectivity index (χ0) is 21.9. The number of hydrogen-bond acceptors (Lipinski definition) is 3. The van der Waals surface area contributed by atoms with Crippen LogP contribution in [0.2, 0.25) is 0 Å². The molecule has 0 saturated carbocycles. The van der Waals surface area contributed by atoms with Crippen LogP contribution in [0.5, 0.6) is 5.75 Å². The standard InChI is InChI=1S/C29H21NO2/c1-20-13-16-23(17-14-20)30-19-27-25-11-5-3-8-22(25)15-18-28(27)32-29(31)26-12-6-9-21-7-2-4-10-24(21)26/h2-19H,1H3. The molecule has 0 unspecified atom stereocenters. The third-order valence-electron chi connectivity index (χ3n) is 5.52. The van der Waals surface area contributed by atoms with Crippen molar-refractivity contribution in [3.63, 3.8) is 0 Å². The Morgan fingerprint density at radius 3 is 2.16 bits per heavy atom. The smallest absolute Gasteiger partial charge is 0.344 e. The van der Waals surface area contributed by atoms with Gasteiger partial charge in [0, 0.05) is 11.8 Å². The number of carbonyl (C=O) groups is 1. The lowest BCUT2D eigenvalue weighted by atomic mass is 10.0. The molecule has 0 aliphatic rings. The van der Waals surface area contributed by atoms with E-state index in [9.17, 15) is 4.79 Å². The molecule has 0 fully saturated rings. The molecule has 3 heteroatoms. The molecule has 0 spiro atoms. The fourth-order valence-electron chi connectivity index (χ4n) is 3.83. The molecule has 5 aromatic carbocycles. The molecule has 0 N–H and O–H groups in total. The summed E-state index contributed by atoms with van der Waals surface area (Å²) in [5.74, 6) is 0.0968. The molecule has 3 nitrogen and oxygen atoms in total. The van der Waals surface area contributed by atoms with Crippen LogP contribution in [0.4, 0.5) is 5.69 Å². The normalized spacial score (nSPS) is 11.3. The summed E-state index contributed by atoms with van der Waals surface area (Å²) in [6, 6.07) is 33.3. The van der Waals surface area contributed by atoms with Crippen molar-refractivity contribution in [3.8, 4) is 5.75 Å². The average molecular weight is 415 g/mol. The number of hydrogen-bond donors (Lipinski definition) is 0. The summed E-state index contributed by atoms with van der Waals surface area (Å²) in [5.41, 5.74) is 3.34. The highest BCUT2D eigenvalue weighted by Gasteiger charge is 2.15. The Hall–Kier alpha value is -4.24. The second-order valence-corrected chi connectivity index (χ2v) is 7.71. The van der Waals surface area contributed by atoms with Gasteiger partial charge in [0.15, 0.2) is 0 Å². The molecule has 0 aliphatic heterocycles. The first-order valence-electron chi connectivity index (χ1n) is 10.5. The van der Waals surface area contributed by atoms with Gasteiger partial charge in [-0.25, -0.2) is 4.79 Å². The fraction of sp³-hybridized carbons (Fsp3) is 0.0345. The summed E-state index contributed by atoms with van der Waals surface area (Å²) in [6.07, 6.45) is 1.78. The molecule has 32 heavy (non-hydrogen) atoms. The first-order chi connectivity index (χ1) is 15.7. The van der Waals surface area contributed by atoms with Crippen molar-refractivity contribution in [2.45, 2.75) is 6.92 Å². The van der Waals surface area contributed by atoms with Crippen molar-refractivity contribution in [2.75, 3.05) is 0 Å². The molecule has 5 aromatic rings.